The molecule has 0 amide bonds. The molecule has 1 aliphatic carbocycles. The van der Waals surface area contributed by atoms with Crippen molar-refractivity contribution >= 4 is 0 Å². The van der Waals surface area contributed by atoms with E-state index in [1.807, 2.05) is 0 Å². The molecule has 5 heteroatoms. The second kappa shape index (κ2) is 8.10. The molecular weight excluding hydrogens is 255 g/mol. The van der Waals surface area contributed by atoms with Gasteiger partial charge in [-0.3, -0.25) is 0 Å². The zero-order chi connectivity index (χ0) is 14.3. The maximum Gasteiger partial charge on any atom is 0.389 e. The quantitative estimate of drug-likeness (QED) is 0.715. The molecule has 0 heterocycles. The van der Waals surface area contributed by atoms with E-state index in [0.717, 1.165) is 25.8 Å². The first-order valence-electron chi connectivity index (χ1n) is 7.34. The van der Waals surface area contributed by atoms with Crippen LogP contribution < -0.4 is 5.32 Å². The van der Waals surface area contributed by atoms with Gasteiger partial charge in [-0.05, 0) is 44.6 Å². The predicted octanol–water partition coefficient (Wildman–Crippen LogP) is 3.90. The Balaban J connectivity index is 2.29. The molecule has 1 fully saturated rings. The summed E-state index contributed by atoms with van der Waals surface area (Å²) in [6, 6.07) is 0.307. The van der Waals surface area contributed by atoms with E-state index < -0.39 is 12.6 Å². The van der Waals surface area contributed by atoms with Crippen LogP contribution in [0, 0.1) is 5.92 Å². The van der Waals surface area contributed by atoms with Crippen molar-refractivity contribution in [3.8, 4) is 0 Å². The first-order chi connectivity index (χ1) is 8.92. The average molecular weight is 281 g/mol. The summed E-state index contributed by atoms with van der Waals surface area (Å²) >= 11 is 0. The van der Waals surface area contributed by atoms with Crippen LogP contribution in [0.15, 0.2) is 0 Å². The average Bonchev–Trinajstić information content (AvgIpc) is 2.32. The summed E-state index contributed by atoms with van der Waals surface area (Å²) in [5.41, 5.74) is 0. The molecule has 0 radical (unpaired) electrons. The van der Waals surface area contributed by atoms with Crippen LogP contribution in [0.5, 0.6) is 0 Å². The molecule has 0 aromatic rings. The van der Waals surface area contributed by atoms with Gasteiger partial charge in [-0.1, -0.05) is 13.8 Å². The van der Waals surface area contributed by atoms with Crippen molar-refractivity contribution in [2.24, 2.45) is 5.92 Å². The van der Waals surface area contributed by atoms with Crippen molar-refractivity contribution in [3.05, 3.63) is 0 Å². The summed E-state index contributed by atoms with van der Waals surface area (Å²) in [6.07, 6.45) is -0.432. The van der Waals surface area contributed by atoms with E-state index in [4.69, 9.17) is 4.74 Å². The summed E-state index contributed by atoms with van der Waals surface area (Å²) < 4.78 is 41.9. The topological polar surface area (TPSA) is 21.3 Å². The van der Waals surface area contributed by atoms with Gasteiger partial charge in [0.2, 0.25) is 0 Å². The molecule has 0 bridgehead atoms. The number of hydrogen-bond donors (Lipinski definition) is 1. The van der Waals surface area contributed by atoms with Crippen LogP contribution >= 0.6 is 0 Å². The Labute approximate surface area is 114 Å². The summed E-state index contributed by atoms with van der Waals surface area (Å²) in [7, 11) is 0. The van der Waals surface area contributed by atoms with Gasteiger partial charge in [0.05, 0.1) is 6.10 Å². The van der Waals surface area contributed by atoms with Gasteiger partial charge < -0.3 is 10.1 Å². The Bertz CT molecular complexity index is 243. The fraction of sp³-hybridized carbons (Fsp3) is 1.00. The number of ether oxygens (including phenoxy) is 1. The molecule has 1 aliphatic rings. The Morgan fingerprint density at radius 3 is 2.63 bits per heavy atom. The summed E-state index contributed by atoms with van der Waals surface area (Å²) in [5, 5.41) is 3.45. The summed E-state index contributed by atoms with van der Waals surface area (Å²) in [5.74, 6) is 0.604. The van der Waals surface area contributed by atoms with Crippen molar-refractivity contribution in [2.45, 2.75) is 70.7 Å². The zero-order valence-corrected chi connectivity index (χ0v) is 11.9. The van der Waals surface area contributed by atoms with Gasteiger partial charge in [0.1, 0.15) is 0 Å². The molecule has 114 valence electrons. The Morgan fingerprint density at radius 1 is 1.26 bits per heavy atom. The fourth-order valence-corrected chi connectivity index (χ4v) is 2.58. The lowest BCUT2D eigenvalue weighted by molar-refractivity contribution is -0.139. The third kappa shape index (κ3) is 7.16. The van der Waals surface area contributed by atoms with Crippen LogP contribution in [-0.4, -0.2) is 31.5 Å². The normalized spacial score (nSPS) is 28.6. The number of hydrogen-bond acceptors (Lipinski definition) is 2. The Hall–Kier alpha value is -0.290. The molecule has 0 spiro atoms. The number of alkyl halides is 3. The van der Waals surface area contributed by atoms with Crippen molar-refractivity contribution in [3.63, 3.8) is 0 Å². The molecule has 0 aromatic heterocycles. The van der Waals surface area contributed by atoms with Crippen LogP contribution in [0.25, 0.3) is 0 Å². The molecule has 0 aliphatic heterocycles. The largest absolute Gasteiger partial charge is 0.389 e. The first-order valence-corrected chi connectivity index (χ1v) is 7.34. The van der Waals surface area contributed by atoms with Crippen LogP contribution in [0.1, 0.15) is 52.4 Å². The van der Waals surface area contributed by atoms with Crippen LogP contribution in [-0.2, 0) is 4.74 Å². The maximum absolute atomic E-state index is 12.1. The highest BCUT2D eigenvalue weighted by Crippen LogP contribution is 2.27. The van der Waals surface area contributed by atoms with Crippen LogP contribution in [0.2, 0.25) is 0 Å². The predicted molar refractivity (Wildman–Crippen MR) is 70.1 cm³/mol. The standard InChI is InChI=1S/C14H26F3NO/c1-3-8-18-12-6-5-11(2)10-13(12)19-9-4-7-14(15,16)17/h11-13,18H,3-10H2,1-2H3. The lowest BCUT2D eigenvalue weighted by Gasteiger charge is -2.35. The van der Waals surface area contributed by atoms with Crippen LogP contribution in [0.4, 0.5) is 13.2 Å². The molecule has 1 saturated carbocycles. The number of nitrogens with one attached hydrogen (secondary N) is 1. The third-order valence-electron chi connectivity index (χ3n) is 3.65. The number of rotatable bonds is 7. The van der Waals surface area contributed by atoms with E-state index in [0.29, 0.717) is 12.0 Å². The van der Waals surface area contributed by atoms with Crippen molar-refractivity contribution in [1.82, 2.24) is 5.32 Å². The lowest BCUT2D eigenvalue weighted by Crippen LogP contribution is -2.45. The minimum Gasteiger partial charge on any atom is -0.377 e. The molecular formula is C14H26F3NO. The lowest BCUT2D eigenvalue weighted by atomic mass is 9.85. The van der Waals surface area contributed by atoms with Crippen molar-refractivity contribution in [1.29, 1.82) is 0 Å². The van der Waals surface area contributed by atoms with Gasteiger partial charge >= 0.3 is 6.18 Å². The molecule has 1 N–H and O–H groups in total. The van der Waals surface area contributed by atoms with Gasteiger partial charge in [0, 0.05) is 19.1 Å². The Morgan fingerprint density at radius 2 is 2.00 bits per heavy atom. The Kier molecular flexibility index (Phi) is 7.15. The molecule has 3 unspecified atom stereocenters. The SMILES string of the molecule is CCCNC1CCC(C)CC1OCCCC(F)(F)F. The van der Waals surface area contributed by atoms with E-state index in [2.05, 4.69) is 19.2 Å². The minimum absolute atomic E-state index is 0.0644. The van der Waals surface area contributed by atoms with E-state index >= 15 is 0 Å². The maximum atomic E-state index is 12.1. The second-order valence-corrected chi connectivity index (χ2v) is 5.61. The van der Waals surface area contributed by atoms with E-state index in [1.165, 1.54) is 6.42 Å². The van der Waals surface area contributed by atoms with E-state index in [1.54, 1.807) is 0 Å². The van der Waals surface area contributed by atoms with Gasteiger partial charge in [0.25, 0.3) is 0 Å². The fourth-order valence-electron chi connectivity index (χ4n) is 2.58. The summed E-state index contributed by atoms with van der Waals surface area (Å²) in [6.45, 7) is 5.45. The first kappa shape index (κ1) is 16.8. The van der Waals surface area contributed by atoms with Crippen molar-refractivity contribution in [2.75, 3.05) is 13.2 Å². The highest BCUT2D eigenvalue weighted by molar-refractivity contribution is 4.84. The minimum atomic E-state index is -4.07. The third-order valence-corrected chi connectivity index (χ3v) is 3.65. The smallest absolute Gasteiger partial charge is 0.377 e. The highest BCUT2D eigenvalue weighted by atomic mass is 19.4. The van der Waals surface area contributed by atoms with E-state index in [-0.39, 0.29) is 19.1 Å². The molecule has 19 heavy (non-hydrogen) atoms. The van der Waals surface area contributed by atoms with Gasteiger partial charge in [-0.25, -0.2) is 0 Å². The molecule has 1 rings (SSSR count). The molecule has 2 nitrogen and oxygen atoms in total. The van der Waals surface area contributed by atoms with Crippen molar-refractivity contribution < 1.29 is 17.9 Å². The monoisotopic (exact) mass is 281 g/mol. The molecule has 3 atom stereocenters. The van der Waals surface area contributed by atoms with Gasteiger partial charge in [0.15, 0.2) is 0 Å². The molecule has 0 aromatic carbocycles. The summed E-state index contributed by atoms with van der Waals surface area (Å²) in [4.78, 5) is 0. The van der Waals surface area contributed by atoms with Gasteiger partial charge in [-0.15, -0.1) is 0 Å². The molecule has 0 saturated heterocycles. The number of halogens is 3. The van der Waals surface area contributed by atoms with E-state index in [9.17, 15) is 13.2 Å². The second-order valence-electron chi connectivity index (χ2n) is 5.61. The highest BCUT2D eigenvalue weighted by Gasteiger charge is 2.30. The van der Waals surface area contributed by atoms with Crippen LogP contribution in [0.3, 0.4) is 0 Å². The zero-order valence-electron chi connectivity index (χ0n) is 11.9. The van der Waals surface area contributed by atoms with Gasteiger partial charge in [-0.2, -0.15) is 13.2 Å².